The van der Waals surface area contributed by atoms with Gasteiger partial charge in [0.2, 0.25) is 0 Å². The third-order valence-electron chi connectivity index (χ3n) is 3.15. The molecule has 6 heteroatoms. The van der Waals surface area contributed by atoms with Crippen molar-refractivity contribution in [1.82, 2.24) is 0 Å². The van der Waals surface area contributed by atoms with E-state index in [1.54, 1.807) is 19.1 Å². The third-order valence-corrected chi connectivity index (χ3v) is 3.15. The highest BCUT2D eigenvalue weighted by atomic mass is 16.6. The van der Waals surface area contributed by atoms with Gasteiger partial charge in [-0.05, 0) is 56.2 Å². The van der Waals surface area contributed by atoms with Gasteiger partial charge >= 0.3 is 5.97 Å². The van der Waals surface area contributed by atoms with Crippen molar-refractivity contribution in [2.45, 2.75) is 20.8 Å². The van der Waals surface area contributed by atoms with Crippen molar-refractivity contribution < 1.29 is 19.2 Å². The Bertz CT molecular complexity index is 734. The number of esters is 1. The van der Waals surface area contributed by atoms with Crippen molar-refractivity contribution in [1.29, 1.82) is 0 Å². The van der Waals surface area contributed by atoms with Crippen molar-refractivity contribution in [3.63, 3.8) is 0 Å². The average Bonchev–Trinajstić information content (AvgIpc) is 2.43. The molecule has 0 aliphatic carbocycles. The van der Waals surface area contributed by atoms with Gasteiger partial charge in [-0.15, -0.1) is 0 Å². The van der Waals surface area contributed by atoms with Crippen molar-refractivity contribution in [3.05, 3.63) is 63.2 Å². The molecule has 0 spiro atoms. The maximum absolute atomic E-state index is 11.8. The highest BCUT2D eigenvalue weighted by Gasteiger charge is 2.12. The van der Waals surface area contributed by atoms with E-state index in [2.05, 4.69) is 0 Å². The van der Waals surface area contributed by atoms with Gasteiger partial charge < -0.3 is 9.47 Å². The van der Waals surface area contributed by atoms with Crippen LogP contribution in [-0.4, -0.2) is 17.5 Å². The molecule has 0 N–H and O–H groups in total. The van der Waals surface area contributed by atoms with E-state index in [0.717, 1.165) is 11.1 Å². The summed E-state index contributed by atoms with van der Waals surface area (Å²) in [6.45, 7) is 5.17. The van der Waals surface area contributed by atoms with Crippen molar-refractivity contribution in [2.24, 2.45) is 0 Å². The summed E-state index contributed by atoms with van der Waals surface area (Å²) in [7, 11) is 0. The second kappa shape index (κ2) is 6.91. The highest BCUT2D eigenvalue weighted by Crippen LogP contribution is 2.23. The Morgan fingerprint density at radius 1 is 1.04 bits per heavy atom. The molecule has 0 amide bonds. The number of carbonyl (C=O) groups excluding carboxylic acids is 1. The van der Waals surface area contributed by atoms with Crippen LogP contribution in [0.5, 0.6) is 11.5 Å². The Hall–Kier alpha value is -2.89. The minimum atomic E-state index is -0.536. The summed E-state index contributed by atoms with van der Waals surface area (Å²) in [4.78, 5) is 22.1. The Labute approximate surface area is 133 Å². The van der Waals surface area contributed by atoms with Crippen LogP contribution in [0.4, 0.5) is 5.69 Å². The predicted molar refractivity (Wildman–Crippen MR) is 84.9 cm³/mol. The van der Waals surface area contributed by atoms with Gasteiger partial charge in [-0.25, -0.2) is 4.79 Å². The molecule has 0 aromatic heterocycles. The third kappa shape index (κ3) is 4.54. The molecule has 0 heterocycles. The van der Waals surface area contributed by atoms with Gasteiger partial charge in [0.05, 0.1) is 4.92 Å². The van der Waals surface area contributed by atoms with E-state index in [4.69, 9.17) is 9.47 Å². The Kier molecular flexibility index (Phi) is 4.95. The zero-order chi connectivity index (χ0) is 17.0. The predicted octanol–water partition coefficient (Wildman–Crippen LogP) is 3.50. The number of benzene rings is 2. The number of nitro benzene ring substituents is 1. The molecule has 0 aliphatic heterocycles. The molecule has 0 fully saturated rings. The fourth-order valence-corrected chi connectivity index (χ4v) is 2.22. The first-order chi connectivity index (χ1) is 10.8. The summed E-state index contributed by atoms with van der Waals surface area (Å²) < 4.78 is 10.5. The van der Waals surface area contributed by atoms with Crippen LogP contribution in [0.1, 0.15) is 16.7 Å². The smallest absolute Gasteiger partial charge is 0.349 e. The van der Waals surface area contributed by atoms with Gasteiger partial charge in [0, 0.05) is 11.6 Å². The van der Waals surface area contributed by atoms with E-state index < -0.39 is 10.9 Å². The largest absolute Gasteiger partial charge is 0.482 e. The van der Waals surface area contributed by atoms with Crippen LogP contribution in [-0.2, 0) is 4.79 Å². The molecule has 2 aromatic carbocycles. The molecule has 0 bridgehead atoms. The molecular weight excluding hydrogens is 298 g/mol. The van der Waals surface area contributed by atoms with E-state index in [1.165, 1.54) is 18.2 Å². The number of hydrogen-bond donors (Lipinski definition) is 0. The molecule has 0 saturated heterocycles. The number of rotatable bonds is 5. The number of nitro groups is 1. The van der Waals surface area contributed by atoms with Crippen LogP contribution in [0.25, 0.3) is 0 Å². The van der Waals surface area contributed by atoms with Crippen LogP contribution in [0.3, 0.4) is 0 Å². The number of ether oxygens (including phenoxy) is 2. The van der Waals surface area contributed by atoms with Crippen LogP contribution in [0.2, 0.25) is 0 Å². The second-order valence-corrected chi connectivity index (χ2v) is 5.29. The first kappa shape index (κ1) is 16.5. The molecule has 2 aromatic rings. The minimum Gasteiger partial charge on any atom is -0.482 e. The van der Waals surface area contributed by atoms with E-state index >= 15 is 0 Å². The zero-order valence-corrected chi connectivity index (χ0v) is 13.2. The average molecular weight is 315 g/mol. The topological polar surface area (TPSA) is 78.7 Å². The summed E-state index contributed by atoms with van der Waals surface area (Å²) in [6, 6.07) is 9.83. The molecule has 23 heavy (non-hydrogen) atoms. The molecule has 6 nitrogen and oxygen atoms in total. The quantitative estimate of drug-likeness (QED) is 0.365. The normalized spacial score (nSPS) is 10.2. The molecule has 120 valence electrons. The van der Waals surface area contributed by atoms with Gasteiger partial charge in [0.1, 0.15) is 11.5 Å². The second-order valence-electron chi connectivity index (χ2n) is 5.29. The standard InChI is InChI=1S/C17H17NO5/c1-11-6-12(2)8-15(7-11)23-17(19)10-22-14-4-5-16(18(20)21)13(3)9-14/h4-9H,10H2,1-3H3. The maximum atomic E-state index is 11.8. The van der Waals surface area contributed by atoms with Crippen molar-refractivity contribution in [2.75, 3.05) is 6.61 Å². The highest BCUT2D eigenvalue weighted by molar-refractivity contribution is 5.74. The zero-order valence-electron chi connectivity index (χ0n) is 13.2. The number of nitrogens with zero attached hydrogens (tertiary/aromatic N) is 1. The van der Waals surface area contributed by atoms with Crippen LogP contribution < -0.4 is 9.47 Å². The maximum Gasteiger partial charge on any atom is 0.349 e. The fourth-order valence-electron chi connectivity index (χ4n) is 2.22. The number of aryl methyl sites for hydroxylation is 3. The summed E-state index contributed by atoms with van der Waals surface area (Å²) in [5.41, 5.74) is 2.48. The number of hydrogen-bond acceptors (Lipinski definition) is 5. The van der Waals surface area contributed by atoms with E-state index in [-0.39, 0.29) is 12.3 Å². The lowest BCUT2D eigenvalue weighted by Gasteiger charge is -2.08. The first-order valence-electron chi connectivity index (χ1n) is 7.02. The number of carbonyl (C=O) groups is 1. The van der Waals surface area contributed by atoms with Gasteiger partial charge in [-0.3, -0.25) is 10.1 Å². The monoisotopic (exact) mass is 315 g/mol. The van der Waals surface area contributed by atoms with Gasteiger partial charge in [-0.2, -0.15) is 0 Å². The summed E-state index contributed by atoms with van der Waals surface area (Å²) in [5, 5.41) is 10.7. The van der Waals surface area contributed by atoms with Crippen LogP contribution in [0.15, 0.2) is 36.4 Å². The Morgan fingerprint density at radius 2 is 1.70 bits per heavy atom. The molecule has 0 saturated carbocycles. The van der Waals surface area contributed by atoms with E-state index in [1.807, 2.05) is 19.9 Å². The Morgan fingerprint density at radius 3 is 2.26 bits per heavy atom. The molecular formula is C17H17NO5. The van der Waals surface area contributed by atoms with Gasteiger partial charge in [-0.1, -0.05) is 6.07 Å². The summed E-state index contributed by atoms with van der Waals surface area (Å²) >= 11 is 0. The Balaban J connectivity index is 1.96. The van der Waals surface area contributed by atoms with Gasteiger partial charge in [0.15, 0.2) is 6.61 Å². The lowest BCUT2D eigenvalue weighted by molar-refractivity contribution is -0.385. The van der Waals surface area contributed by atoms with E-state index in [0.29, 0.717) is 17.1 Å². The molecule has 0 radical (unpaired) electrons. The lowest BCUT2D eigenvalue weighted by Crippen LogP contribution is -2.17. The molecule has 0 atom stereocenters. The lowest BCUT2D eigenvalue weighted by atomic mass is 10.1. The van der Waals surface area contributed by atoms with Crippen LogP contribution >= 0.6 is 0 Å². The fraction of sp³-hybridized carbons (Fsp3) is 0.235. The molecule has 0 unspecified atom stereocenters. The summed E-state index contributed by atoms with van der Waals surface area (Å²) in [6.07, 6.45) is 0. The van der Waals surface area contributed by atoms with Gasteiger partial charge in [0.25, 0.3) is 5.69 Å². The van der Waals surface area contributed by atoms with Crippen LogP contribution in [0, 0.1) is 30.9 Å². The molecule has 2 rings (SSSR count). The molecule has 0 aliphatic rings. The summed E-state index contributed by atoms with van der Waals surface area (Å²) in [5.74, 6) is 0.312. The minimum absolute atomic E-state index is 0.00941. The first-order valence-corrected chi connectivity index (χ1v) is 7.02. The van der Waals surface area contributed by atoms with Crippen molar-refractivity contribution in [3.8, 4) is 11.5 Å². The van der Waals surface area contributed by atoms with Crippen molar-refractivity contribution >= 4 is 11.7 Å². The van der Waals surface area contributed by atoms with E-state index in [9.17, 15) is 14.9 Å². The SMILES string of the molecule is Cc1cc(C)cc(OC(=O)COc2ccc([N+](=O)[O-])c(C)c2)c1.